The van der Waals surface area contributed by atoms with Crippen molar-refractivity contribution in [3.8, 4) is 5.75 Å². The third kappa shape index (κ3) is 3.26. The van der Waals surface area contributed by atoms with E-state index in [1.807, 2.05) is 0 Å². The summed E-state index contributed by atoms with van der Waals surface area (Å²) >= 11 is 0. The zero-order valence-electron chi connectivity index (χ0n) is 11.6. The fraction of sp³-hybridized carbons (Fsp3) is 0.625. The SMILES string of the molecule is CCC(C)c1ccc(OCC2(CCN)CC2)cc1. The van der Waals surface area contributed by atoms with E-state index in [0.29, 0.717) is 11.3 Å². The highest BCUT2D eigenvalue weighted by atomic mass is 16.5. The Balaban J connectivity index is 1.87. The van der Waals surface area contributed by atoms with Crippen LogP contribution in [-0.2, 0) is 0 Å². The molecule has 2 nitrogen and oxygen atoms in total. The third-order valence-electron chi connectivity index (χ3n) is 4.24. The zero-order valence-corrected chi connectivity index (χ0v) is 11.6. The Morgan fingerprint density at radius 1 is 1.28 bits per heavy atom. The van der Waals surface area contributed by atoms with Gasteiger partial charge in [-0.05, 0) is 55.8 Å². The molecular formula is C16H25NO. The van der Waals surface area contributed by atoms with Crippen LogP contribution in [0.1, 0.15) is 51.0 Å². The smallest absolute Gasteiger partial charge is 0.119 e. The molecule has 0 aromatic heterocycles. The van der Waals surface area contributed by atoms with E-state index in [1.165, 1.54) is 24.8 Å². The van der Waals surface area contributed by atoms with Crippen LogP contribution in [0.15, 0.2) is 24.3 Å². The van der Waals surface area contributed by atoms with Gasteiger partial charge in [-0.1, -0.05) is 26.0 Å². The summed E-state index contributed by atoms with van der Waals surface area (Å²) in [5, 5.41) is 0. The van der Waals surface area contributed by atoms with Gasteiger partial charge in [0.15, 0.2) is 0 Å². The average molecular weight is 247 g/mol. The lowest BCUT2D eigenvalue weighted by molar-refractivity contribution is 0.227. The van der Waals surface area contributed by atoms with Gasteiger partial charge in [0, 0.05) is 5.41 Å². The molecule has 1 aromatic carbocycles. The highest BCUT2D eigenvalue weighted by Gasteiger charge is 2.42. The summed E-state index contributed by atoms with van der Waals surface area (Å²) in [4.78, 5) is 0. The molecule has 0 spiro atoms. The van der Waals surface area contributed by atoms with Crippen molar-refractivity contribution in [2.24, 2.45) is 11.1 Å². The molecule has 2 heteroatoms. The molecule has 100 valence electrons. The van der Waals surface area contributed by atoms with Crippen molar-refractivity contribution in [2.75, 3.05) is 13.2 Å². The first-order valence-electron chi connectivity index (χ1n) is 7.12. The van der Waals surface area contributed by atoms with Crippen LogP contribution in [0.4, 0.5) is 0 Å². The normalized spacial score (nSPS) is 18.4. The molecule has 1 unspecified atom stereocenters. The number of hydrogen-bond acceptors (Lipinski definition) is 2. The van der Waals surface area contributed by atoms with Gasteiger partial charge in [0.05, 0.1) is 6.61 Å². The van der Waals surface area contributed by atoms with Crippen LogP contribution in [0.3, 0.4) is 0 Å². The highest BCUT2D eigenvalue weighted by Crippen LogP contribution is 2.48. The molecule has 1 aliphatic carbocycles. The van der Waals surface area contributed by atoms with Gasteiger partial charge in [0.1, 0.15) is 5.75 Å². The number of rotatable bonds is 7. The summed E-state index contributed by atoms with van der Waals surface area (Å²) in [6, 6.07) is 8.57. The van der Waals surface area contributed by atoms with Gasteiger partial charge in [-0.2, -0.15) is 0 Å². The summed E-state index contributed by atoms with van der Waals surface area (Å²) < 4.78 is 5.90. The topological polar surface area (TPSA) is 35.2 Å². The molecule has 0 amide bonds. The maximum Gasteiger partial charge on any atom is 0.119 e. The summed E-state index contributed by atoms with van der Waals surface area (Å²) in [7, 11) is 0. The molecule has 0 aliphatic heterocycles. The van der Waals surface area contributed by atoms with Crippen LogP contribution in [-0.4, -0.2) is 13.2 Å². The second-order valence-corrected chi connectivity index (χ2v) is 5.71. The molecule has 0 heterocycles. The second kappa shape index (κ2) is 5.75. The van der Waals surface area contributed by atoms with E-state index < -0.39 is 0 Å². The second-order valence-electron chi connectivity index (χ2n) is 5.71. The predicted molar refractivity (Wildman–Crippen MR) is 76.0 cm³/mol. The van der Waals surface area contributed by atoms with Gasteiger partial charge >= 0.3 is 0 Å². The monoisotopic (exact) mass is 247 g/mol. The number of benzene rings is 1. The highest BCUT2D eigenvalue weighted by molar-refractivity contribution is 5.29. The molecule has 0 radical (unpaired) electrons. The fourth-order valence-electron chi connectivity index (χ4n) is 2.31. The van der Waals surface area contributed by atoms with Gasteiger partial charge in [-0.15, -0.1) is 0 Å². The number of ether oxygens (including phenoxy) is 1. The minimum Gasteiger partial charge on any atom is -0.493 e. The molecule has 0 bridgehead atoms. The molecule has 1 saturated carbocycles. The molecule has 1 aliphatic rings. The van der Waals surface area contributed by atoms with Crippen LogP contribution in [0.5, 0.6) is 5.75 Å². The molecule has 18 heavy (non-hydrogen) atoms. The molecule has 2 N–H and O–H groups in total. The molecular weight excluding hydrogens is 222 g/mol. The molecule has 1 fully saturated rings. The van der Waals surface area contributed by atoms with E-state index >= 15 is 0 Å². The van der Waals surface area contributed by atoms with E-state index in [-0.39, 0.29) is 0 Å². The maximum atomic E-state index is 5.90. The van der Waals surface area contributed by atoms with Crippen LogP contribution < -0.4 is 10.5 Å². The van der Waals surface area contributed by atoms with E-state index in [1.54, 1.807) is 0 Å². The van der Waals surface area contributed by atoms with E-state index in [4.69, 9.17) is 10.5 Å². The Bertz CT molecular complexity index is 367. The van der Waals surface area contributed by atoms with Crippen LogP contribution in [0, 0.1) is 5.41 Å². The van der Waals surface area contributed by atoms with Crippen molar-refractivity contribution in [3.63, 3.8) is 0 Å². The van der Waals surface area contributed by atoms with Crippen LogP contribution in [0.2, 0.25) is 0 Å². The van der Waals surface area contributed by atoms with Crippen molar-refractivity contribution < 1.29 is 4.74 Å². The summed E-state index contributed by atoms with van der Waals surface area (Å²) in [5.74, 6) is 1.62. The quantitative estimate of drug-likeness (QED) is 0.797. The first-order chi connectivity index (χ1) is 8.69. The Labute approximate surface area is 111 Å². The van der Waals surface area contributed by atoms with Crippen LogP contribution in [0.25, 0.3) is 0 Å². The molecule has 1 atom stereocenters. The minimum absolute atomic E-state index is 0.393. The van der Waals surface area contributed by atoms with Crippen molar-refractivity contribution >= 4 is 0 Å². The van der Waals surface area contributed by atoms with Gasteiger partial charge in [0.2, 0.25) is 0 Å². The molecule has 1 aromatic rings. The van der Waals surface area contributed by atoms with Crippen molar-refractivity contribution in [1.82, 2.24) is 0 Å². The fourth-order valence-corrected chi connectivity index (χ4v) is 2.31. The largest absolute Gasteiger partial charge is 0.493 e. The van der Waals surface area contributed by atoms with E-state index in [2.05, 4.69) is 38.1 Å². The lowest BCUT2D eigenvalue weighted by Gasteiger charge is -2.16. The van der Waals surface area contributed by atoms with Gasteiger partial charge < -0.3 is 10.5 Å². The first kappa shape index (κ1) is 13.4. The third-order valence-corrected chi connectivity index (χ3v) is 4.24. The number of nitrogens with two attached hydrogens (primary N) is 1. The average Bonchev–Trinajstić information content (AvgIpc) is 3.17. The molecule has 0 saturated heterocycles. The van der Waals surface area contributed by atoms with E-state index in [9.17, 15) is 0 Å². The van der Waals surface area contributed by atoms with Gasteiger partial charge in [-0.25, -0.2) is 0 Å². The zero-order chi connectivity index (χ0) is 13.0. The first-order valence-corrected chi connectivity index (χ1v) is 7.12. The summed E-state index contributed by atoms with van der Waals surface area (Å²) in [6.07, 6.45) is 4.82. The maximum absolute atomic E-state index is 5.90. The van der Waals surface area contributed by atoms with Gasteiger partial charge in [-0.3, -0.25) is 0 Å². The Hall–Kier alpha value is -1.02. The standard InChI is InChI=1S/C16H25NO/c1-3-13(2)14-4-6-15(7-5-14)18-12-16(8-9-16)10-11-17/h4-7,13H,3,8-12,17H2,1-2H3. The van der Waals surface area contributed by atoms with Crippen molar-refractivity contribution in [3.05, 3.63) is 29.8 Å². The minimum atomic E-state index is 0.393. The van der Waals surface area contributed by atoms with E-state index in [0.717, 1.165) is 25.3 Å². The Morgan fingerprint density at radius 2 is 1.94 bits per heavy atom. The van der Waals surface area contributed by atoms with Crippen LogP contribution >= 0.6 is 0 Å². The summed E-state index contributed by atoms with van der Waals surface area (Å²) in [6.45, 7) is 6.08. The van der Waals surface area contributed by atoms with Crippen molar-refractivity contribution in [1.29, 1.82) is 0 Å². The Morgan fingerprint density at radius 3 is 2.44 bits per heavy atom. The number of hydrogen-bond donors (Lipinski definition) is 1. The predicted octanol–water partition coefficient (Wildman–Crippen LogP) is 3.71. The lowest BCUT2D eigenvalue weighted by Crippen LogP contribution is -2.17. The lowest BCUT2D eigenvalue weighted by atomic mass is 9.99. The molecule has 2 rings (SSSR count). The summed E-state index contributed by atoms with van der Waals surface area (Å²) in [5.41, 5.74) is 7.43. The Kier molecular flexibility index (Phi) is 4.28. The van der Waals surface area contributed by atoms with Gasteiger partial charge in [0.25, 0.3) is 0 Å². The van der Waals surface area contributed by atoms with Crippen molar-refractivity contribution in [2.45, 2.75) is 45.4 Å².